The van der Waals surface area contributed by atoms with E-state index in [0.717, 1.165) is 47.4 Å². The largest absolute Gasteiger partial charge is 0.497 e. The lowest BCUT2D eigenvalue weighted by Crippen LogP contribution is -2.45. The summed E-state index contributed by atoms with van der Waals surface area (Å²) in [5.74, 6) is 1.44. The number of nitrogens with one attached hydrogen (secondary N) is 2. The molecule has 2 fully saturated rings. The number of alkyl halides is 1. The molecule has 0 saturated carbocycles. The molecule has 1 unspecified atom stereocenters. The van der Waals surface area contributed by atoms with E-state index in [1.807, 2.05) is 85.8 Å². The predicted octanol–water partition coefficient (Wildman–Crippen LogP) is 8.50. The molecule has 68 heavy (non-hydrogen) atoms. The van der Waals surface area contributed by atoms with E-state index in [-0.39, 0.29) is 57.6 Å². The van der Waals surface area contributed by atoms with E-state index in [4.69, 9.17) is 40.5 Å². The van der Waals surface area contributed by atoms with Gasteiger partial charge in [-0.1, -0.05) is 66.2 Å². The zero-order valence-electron chi connectivity index (χ0n) is 37.6. The second kappa shape index (κ2) is 18.5. The van der Waals surface area contributed by atoms with E-state index in [2.05, 4.69) is 25.4 Å². The number of amides is 1. The smallest absolute Gasteiger partial charge is 0.410 e. The summed E-state index contributed by atoms with van der Waals surface area (Å²) < 4.78 is 57.4. The van der Waals surface area contributed by atoms with Crippen LogP contribution in [-0.4, -0.2) is 83.3 Å². The van der Waals surface area contributed by atoms with Crippen LogP contribution in [0.25, 0.3) is 27.9 Å². The Kier molecular flexibility index (Phi) is 12.1. The highest BCUT2D eigenvalue weighted by Gasteiger charge is 2.49. The Morgan fingerprint density at radius 2 is 1.76 bits per heavy atom. The number of carbonyl (C=O) groups is 1. The molecule has 1 amide bonds. The summed E-state index contributed by atoms with van der Waals surface area (Å²) in [6.07, 6.45) is 2.73. The fraction of sp³-hybridized carbons (Fsp3) is 0.294. The van der Waals surface area contributed by atoms with Gasteiger partial charge in [0.15, 0.2) is 11.6 Å². The molecule has 350 valence electrons. The minimum absolute atomic E-state index is 0.0162. The number of ether oxygens (including phenoxy) is 4. The average molecular weight is 943 g/mol. The molecule has 0 aliphatic carbocycles. The van der Waals surface area contributed by atoms with Crippen molar-refractivity contribution in [2.24, 2.45) is 4.99 Å². The molecule has 3 atom stereocenters. The fourth-order valence-electron chi connectivity index (χ4n) is 9.93. The summed E-state index contributed by atoms with van der Waals surface area (Å²) in [5.41, 5.74) is 2.18. The molecule has 3 N–H and O–H groups in total. The van der Waals surface area contributed by atoms with Crippen LogP contribution >= 0.6 is 11.6 Å². The van der Waals surface area contributed by atoms with Gasteiger partial charge in [0.2, 0.25) is 0 Å². The van der Waals surface area contributed by atoms with Gasteiger partial charge in [-0.25, -0.2) is 23.5 Å². The number of benzene rings is 4. The number of carboxylic acid groups (broad SMARTS) is 1. The maximum Gasteiger partial charge on any atom is 0.410 e. The average Bonchev–Trinajstić information content (AvgIpc) is 3.82. The Morgan fingerprint density at radius 3 is 2.47 bits per heavy atom. The summed E-state index contributed by atoms with van der Waals surface area (Å²) >= 11 is 7.47. The second-order valence-corrected chi connectivity index (χ2v) is 17.7. The van der Waals surface area contributed by atoms with Gasteiger partial charge in [0.25, 0.3) is 0 Å². The van der Waals surface area contributed by atoms with Crippen molar-refractivity contribution in [2.45, 2.75) is 57.0 Å². The number of hydrogen-bond donors (Lipinski definition) is 3. The molecule has 2 saturated heterocycles. The first-order chi connectivity index (χ1) is 33.0. The molecule has 0 bridgehead atoms. The second-order valence-electron chi connectivity index (χ2n) is 17.4. The van der Waals surface area contributed by atoms with Gasteiger partial charge < -0.3 is 39.2 Å². The maximum atomic E-state index is 18.3. The first-order valence-corrected chi connectivity index (χ1v) is 22.8. The van der Waals surface area contributed by atoms with E-state index in [0.29, 0.717) is 48.6 Å². The lowest BCUT2D eigenvalue weighted by Gasteiger charge is -2.33. The van der Waals surface area contributed by atoms with Gasteiger partial charge in [0.1, 0.15) is 48.4 Å². The van der Waals surface area contributed by atoms with Crippen LogP contribution in [0.4, 0.5) is 25.2 Å². The minimum atomic E-state index is -1.29. The molecule has 14 nitrogen and oxygen atoms in total. The van der Waals surface area contributed by atoms with Crippen LogP contribution in [0.5, 0.6) is 17.2 Å². The topological polar surface area (TPSA) is 146 Å². The number of aromatic nitrogens is 2. The van der Waals surface area contributed by atoms with Gasteiger partial charge in [-0.15, -0.1) is 0 Å². The SMILES string of the molecule is COc1ccc(CN(Cc2ccc(OC)cc2)c2cc3ccccc3c(-c3c(F)c4c5c(c3Cl)=NCNC=5N(C(C)c3cccnc3NC(=O)O)C=C(OC[C@@]35CCCN3C[C@H](F)C5)O4)n2)cc1. The third-order valence-corrected chi connectivity index (χ3v) is 13.6. The van der Waals surface area contributed by atoms with Crippen LogP contribution in [0.1, 0.15) is 48.9 Å². The van der Waals surface area contributed by atoms with Crippen molar-refractivity contribution in [2.75, 3.05) is 50.8 Å². The quantitative estimate of drug-likeness (QED) is 0.0963. The molecule has 17 heteroatoms. The van der Waals surface area contributed by atoms with Crippen molar-refractivity contribution in [3.63, 3.8) is 0 Å². The molecule has 6 aromatic rings. The third-order valence-electron chi connectivity index (χ3n) is 13.3. The normalized spacial score (nSPS) is 18.9. The van der Waals surface area contributed by atoms with E-state index >= 15 is 8.78 Å². The number of nitrogens with zero attached hydrogens (tertiary/aromatic N) is 6. The van der Waals surface area contributed by atoms with Gasteiger partial charge in [-0.3, -0.25) is 15.2 Å². The molecule has 4 aromatic carbocycles. The molecule has 6 heterocycles. The van der Waals surface area contributed by atoms with Crippen LogP contribution in [0, 0.1) is 5.82 Å². The first-order valence-electron chi connectivity index (χ1n) is 22.4. The Hall–Kier alpha value is -7.17. The van der Waals surface area contributed by atoms with E-state index in [9.17, 15) is 9.90 Å². The Morgan fingerprint density at radius 1 is 1.04 bits per heavy atom. The van der Waals surface area contributed by atoms with Gasteiger partial charge in [0.05, 0.1) is 58.9 Å². The van der Waals surface area contributed by atoms with Gasteiger partial charge in [-0.05, 0) is 79.2 Å². The number of halogens is 3. The van der Waals surface area contributed by atoms with Crippen molar-refractivity contribution < 1.29 is 37.6 Å². The molecule has 10 rings (SSSR count). The monoisotopic (exact) mass is 942 g/mol. The predicted molar refractivity (Wildman–Crippen MR) is 254 cm³/mol. The lowest BCUT2D eigenvalue weighted by atomic mass is 9.95. The number of hydrogen-bond acceptors (Lipinski definition) is 12. The number of fused-ring (bicyclic) bond motifs is 2. The number of rotatable bonds is 14. The Balaban J connectivity index is 1.14. The van der Waals surface area contributed by atoms with Crippen LogP contribution < -0.4 is 40.3 Å². The van der Waals surface area contributed by atoms with Crippen LogP contribution in [-0.2, 0) is 17.8 Å². The van der Waals surface area contributed by atoms with E-state index in [1.54, 1.807) is 37.5 Å². The van der Waals surface area contributed by atoms with Crippen molar-refractivity contribution in [3.05, 3.63) is 147 Å². The summed E-state index contributed by atoms with van der Waals surface area (Å²) in [5, 5.41) is 17.4. The summed E-state index contributed by atoms with van der Waals surface area (Å²) in [6, 6.07) is 28.0. The van der Waals surface area contributed by atoms with Crippen LogP contribution in [0.2, 0.25) is 5.02 Å². The molecule has 4 aliphatic rings. The van der Waals surface area contributed by atoms with Crippen LogP contribution in [0.15, 0.2) is 114 Å². The van der Waals surface area contributed by atoms with Gasteiger partial charge >= 0.3 is 12.0 Å². The van der Waals surface area contributed by atoms with Crippen molar-refractivity contribution >= 4 is 45.9 Å². The van der Waals surface area contributed by atoms with Crippen molar-refractivity contribution in [1.82, 2.24) is 25.1 Å². The number of pyridine rings is 2. The minimum Gasteiger partial charge on any atom is -0.497 e. The summed E-state index contributed by atoms with van der Waals surface area (Å²) in [7, 11) is 3.25. The fourth-order valence-corrected chi connectivity index (χ4v) is 10.3. The highest BCUT2D eigenvalue weighted by Crippen LogP contribution is 2.43. The van der Waals surface area contributed by atoms with Gasteiger partial charge in [-0.2, -0.15) is 0 Å². The highest BCUT2D eigenvalue weighted by molar-refractivity contribution is 6.33. The van der Waals surface area contributed by atoms with E-state index in [1.165, 1.54) is 6.20 Å². The lowest BCUT2D eigenvalue weighted by molar-refractivity contribution is 0.0252. The molecular formula is C51H49ClF2N8O6. The Bertz CT molecular complexity index is 3020. The molecule has 0 radical (unpaired) electrons. The molecular weight excluding hydrogens is 894 g/mol. The molecule has 2 aromatic heterocycles. The molecule has 0 spiro atoms. The zero-order valence-corrected chi connectivity index (χ0v) is 38.4. The van der Waals surface area contributed by atoms with Gasteiger partial charge in [0, 0.05) is 43.2 Å². The Labute approximate surface area is 396 Å². The van der Waals surface area contributed by atoms with Crippen LogP contribution in [0.3, 0.4) is 0 Å². The third kappa shape index (κ3) is 8.42. The summed E-state index contributed by atoms with van der Waals surface area (Å²) in [4.78, 5) is 32.4. The maximum absolute atomic E-state index is 18.3. The molecule has 4 aliphatic heterocycles. The summed E-state index contributed by atoms with van der Waals surface area (Å²) in [6.45, 7) is 3.93. The number of anilines is 2. The van der Waals surface area contributed by atoms with Crippen molar-refractivity contribution in [1.29, 1.82) is 0 Å². The highest BCUT2D eigenvalue weighted by atomic mass is 35.5. The standard InChI is InChI=1S/C51H49ClF2N8O6/c1-30(37-10-6-20-55-48(37)59-50(63)64)62-27-40(67-28-51-19-7-21-61(51)26-34(53)23-51)68-47-42-46(56-29-57-49(42)62)43(52)41(44(47)54)45-38-9-5-4-8-33(38)22-39(58-45)60(24-31-11-15-35(65-2)16-12-31)25-32-13-17-36(66-3)18-14-32/h4-6,8-18,20,22,27,30,34,57H,7,19,21,23-26,28-29H2,1-3H3,(H,55,59)(H,63,64)/t30?,34-,51+/m1/s1. The zero-order chi connectivity index (χ0) is 47.1. The van der Waals surface area contributed by atoms with E-state index < -0.39 is 29.7 Å². The first kappa shape index (κ1) is 44.7. The number of methoxy groups -OCH3 is 2. The van der Waals surface area contributed by atoms with Crippen molar-refractivity contribution in [3.8, 4) is 28.5 Å².